The van der Waals surface area contributed by atoms with E-state index in [1.807, 2.05) is 12.1 Å². The summed E-state index contributed by atoms with van der Waals surface area (Å²) in [4.78, 5) is 2.42. The van der Waals surface area contributed by atoms with E-state index >= 15 is 0 Å². The molecule has 0 bridgehead atoms. The van der Waals surface area contributed by atoms with Gasteiger partial charge >= 0.3 is 0 Å². The summed E-state index contributed by atoms with van der Waals surface area (Å²) in [6, 6.07) is 36.1. The molecule has 0 aliphatic rings. The van der Waals surface area contributed by atoms with Gasteiger partial charge < -0.3 is 4.90 Å². The fourth-order valence-electron chi connectivity index (χ4n) is 3.52. The van der Waals surface area contributed by atoms with Gasteiger partial charge in [0.15, 0.2) is 0 Å². The Morgan fingerprint density at radius 3 is 1.66 bits per heavy atom. The van der Waals surface area contributed by atoms with Gasteiger partial charge in [-0.15, -0.1) is 0 Å². The molecule has 4 rings (SSSR count). The summed E-state index contributed by atoms with van der Waals surface area (Å²) in [7, 11) is 0. The van der Waals surface area contributed by atoms with Crippen molar-refractivity contribution in [3.8, 4) is 0 Å². The average molecular weight is 376 g/mol. The van der Waals surface area contributed by atoms with Crippen LogP contribution in [0.4, 0.5) is 5.69 Å². The largest absolute Gasteiger partial charge is 0.364 e. The maximum absolute atomic E-state index is 2.42. The molecule has 4 aromatic carbocycles. The van der Waals surface area contributed by atoms with Crippen LogP contribution in [0, 0.1) is 0 Å². The topological polar surface area (TPSA) is 3.24 Å². The van der Waals surface area contributed by atoms with Crippen molar-refractivity contribution in [1.82, 2.24) is 0 Å². The summed E-state index contributed by atoms with van der Waals surface area (Å²) in [5.74, 6) is 0. The van der Waals surface area contributed by atoms with Gasteiger partial charge in [0, 0.05) is 24.2 Å². The van der Waals surface area contributed by atoms with Crippen LogP contribution in [-0.2, 0) is 0 Å². The van der Waals surface area contributed by atoms with Gasteiger partial charge in [0.05, 0.1) is 0 Å². The Morgan fingerprint density at radius 1 is 0.517 bits per heavy atom. The van der Waals surface area contributed by atoms with E-state index < -0.39 is 0 Å². The molecular formula is C28H25N. The molecule has 4 aromatic rings. The zero-order valence-electron chi connectivity index (χ0n) is 16.5. The number of hydrogen-bond acceptors (Lipinski definition) is 1. The van der Waals surface area contributed by atoms with Gasteiger partial charge in [0.25, 0.3) is 0 Å². The second kappa shape index (κ2) is 9.57. The van der Waals surface area contributed by atoms with E-state index in [2.05, 4.69) is 120 Å². The molecule has 0 aliphatic heterocycles. The molecule has 0 atom stereocenters. The number of nitrogens with zero attached hydrogens (tertiary/aromatic N) is 1. The zero-order valence-corrected chi connectivity index (χ0v) is 16.5. The van der Waals surface area contributed by atoms with E-state index in [1.54, 1.807) is 0 Å². The van der Waals surface area contributed by atoms with Crippen LogP contribution >= 0.6 is 0 Å². The van der Waals surface area contributed by atoms with Gasteiger partial charge in [-0.25, -0.2) is 0 Å². The van der Waals surface area contributed by atoms with E-state index in [1.165, 1.54) is 27.6 Å². The molecule has 0 unspecified atom stereocenters. The molecule has 0 heterocycles. The number of anilines is 1. The lowest BCUT2D eigenvalue weighted by molar-refractivity contribution is 0.964. The number of hydrogen-bond donors (Lipinski definition) is 0. The number of fused-ring (bicyclic) bond motifs is 1. The van der Waals surface area contributed by atoms with Crippen LogP contribution in [-0.4, -0.2) is 13.1 Å². The number of rotatable bonds is 7. The fourth-order valence-corrected chi connectivity index (χ4v) is 3.52. The highest BCUT2D eigenvalue weighted by Crippen LogP contribution is 2.27. The van der Waals surface area contributed by atoms with Crippen LogP contribution in [0.15, 0.2) is 115 Å². The Labute approximate surface area is 173 Å². The van der Waals surface area contributed by atoms with E-state index in [4.69, 9.17) is 0 Å². The first-order valence-corrected chi connectivity index (χ1v) is 10.1. The van der Waals surface area contributed by atoms with Crippen molar-refractivity contribution in [1.29, 1.82) is 0 Å². The molecule has 0 spiro atoms. The third kappa shape index (κ3) is 5.03. The van der Waals surface area contributed by atoms with Crippen molar-refractivity contribution in [2.45, 2.75) is 0 Å². The molecule has 0 radical (unpaired) electrons. The van der Waals surface area contributed by atoms with E-state index in [0.717, 1.165) is 13.1 Å². The van der Waals surface area contributed by atoms with E-state index in [-0.39, 0.29) is 0 Å². The standard InChI is InChI=1S/C28H25N/c1-3-12-24(13-4-1)16-10-22-29(23-11-17-25-14-5-2-6-15-25)28-21-9-19-26-18-7-8-20-27(26)28/h1-21H,22-23H2/b16-10+,17-11+. The highest BCUT2D eigenvalue weighted by molar-refractivity contribution is 5.94. The second-order valence-electron chi connectivity index (χ2n) is 7.03. The van der Waals surface area contributed by atoms with Crippen LogP contribution in [0.5, 0.6) is 0 Å². The molecule has 0 aromatic heterocycles. The quantitative estimate of drug-likeness (QED) is 0.334. The van der Waals surface area contributed by atoms with Crippen molar-refractivity contribution in [3.63, 3.8) is 0 Å². The van der Waals surface area contributed by atoms with Crippen LogP contribution in [0.2, 0.25) is 0 Å². The van der Waals surface area contributed by atoms with Gasteiger partial charge in [-0.05, 0) is 22.6 Å². The van der Waals surface area contributed by atoms with Crippen LogP contribution in [0.1, 0.15) is 11.1 Å². The molecule has 0 aliphatic carbocycles. The smallest absolute Gasteiger partial charge is 0.0451 e. The van der Waals surface area contributed by atoms with Gasteiger partial charge in [0.2, 0.25) is 0 Å². The van der Waals surface area contributed by atoms with Crippen molar-refractivity contribution >= 4 is 28.6 Å². The highest BCUT2D eigenvalue weighted by Gasteiger charge is 2.07. The molecular weight excluding hydrogens is 350 g/mol. The Balaban J connectivity index is 1.59. The minimum atomic E-state index is 0.849. The van der Waals surface area contributed by atoms with Crippen molar-refractivity contribution < 1.29 is 0 Å². The average Bonchev–Trinajstić information content (AvgIpc) is 2.79. The normalized spacial score (nSPS) is 11.4. The molecule has 0 saturated heterocycles. The molecule has 1 nitrogen and oxygen atoms in total. The predicted molar refractivity (Wildman–Crippen MR) is 127 cm³/mol. The predicted octanol–water partition coefficient (Wildman–Crippen LogP) is 7.07. The zero-order chi connectivity index (χ0) is 19.7. The van der Waals surface area contributed by atoms with Gasteiger partial charge in [-0.1, -0.05) is 121 Å². The van der Waals surface area contributed by atoms with Crippen LogP contribution in [0.25, 0.3) is 22.9 Å². The molecule has 1 heteroatoms. The van der Waals surface area contributed by atoms with Crippen LogP contribution < -0.4 is 4.90 Å². The minimum absolute atomic E-state index is 0.849. The Morgan fingerprint density at radius 2 is 1.03 bits per heavy atom. The van der Waals surface area contributed by atoms with E-state index in [0.29, 0.717) is 0 Å². The lowest BCUT2D eigenvalue weighted by Crippen LogP contribution is -2.23. The van der Waals surface area contributed by atoms with Crippen molar-refractivity contribution in [2.24, 2.45) is 0 Å². The SMILES string of the molecule is C(=C\c1ccccc1)/CN(C/C=C/c1ccccc1)c1cccc2ccccc12. The Kier molecular flexibility index (Phi) is 6.19. The first-order valence-electron chi connectivity index (χ1n) is 10.1. The fraction of sp³-hybridized carbons (Fsp3) is 0.0714. The lowest BCUT2D eigenvalue weighted by Gasteiger charge is -2.23. The Hall–Kier alpha value is -3.58. The molecule has 0 amide bonds. The molecule has 142 valence electrons. The molecule has 0 saturated carbocycles. The summed E-state index contributed by atoms with van der Waals surface area (Å²) < 4.78 is 0. The summed E-state index contributed by atoms with van der Waals surface area (Å²) in [5.41, 5.74) is 3.72. The number of benzene rings is 4. The molecule has 0 fully saturated rings. The van der Waals surface area contributed by atoms with Gasteiger partial charge in [0.1, 0.15) is 0 Å². The van der Waals surface area contributed by atoms with E-state index in [9.17, 15) is 0 Å². The maximum atomic E-state index is 2.42. The summed E-state index contributed by atoms with van der Waals surface area (Å²) in [5, 5.41) is 2.56. The van der Waals surface area contributed by atoms with Crippen LogP contribution in [0.3, 0.4) is 0 Å². The summed E-state index contributed by atoms with van der Waals surface area (Å²) in [6.45, 7) is 1.70. The third-order valence-electron chi connectivity index (χ3n) is 4.98. The highest BCUT2D eigenvalue weighted by atomic mass is 15.1. The first-order chi connectivity index (χ1) is 14.4. The van der Waals surface area contributed by atoms with Gasteiger partial charge in [-0.2, -0.15) is 0 Å². The molecule has 0 N–H and O–H groups in total. The summed E-state index contributed by atoms with van der Waals surface area (Å²) in [6.07, 6.45) is 8.87. The van der Waals surface area contributed by atoms with Crippen molar-refractivity contribution in [2.75, 3.05) is 18.0 Å². The summed E-state index contributed by atoms with van der Waals surface area (Å²) >= 11 is 0. The molecule has 29 heavy (non-hydrogen) atoms. The third-order valence-corrected chi connectivity index (χ3v) is 4.98. The lowest BCUT2D eigenvalue weighted by atomic mass is 10.1. The van der Waals surface area contributed by atoms with Gasteiger partial charge in [-0.3, -0.25) is 0 Å². The van der Waals surface area contributed by atoms with Crippen molar-refractivity contribution in [3.05, 3.63) is 126 Å². The monoisotopic (exact) mass is 375 g/mol. The Bertz CT molecular complexity index is 1040. The maximum Gasteiger partial charge on any atom is 0.0451 e. The second-order valence-corrected chi connectivity index (χ2v) is 7.03. The minimum Gasteiger partial charge on any atom is -0.364 e. The first kappa shape index (κ1) is 18.8.